The highest BCUT2D eigenvalue weighted by molar-refractivity contribution is 5.16. The van der Waals surface area contributed by atoms with Crippen LogP contribution in [0.2, 0.25) is 0 Å². The number of hydrogen-bond acceptors (Lipinski definition) is 2. The third kappa shape index (κ3) is 4.59. The minimum Gasteiger partial charge on any atom is -0.378 e. The first-order valence-electron chi connectivity index (χ1n) is 7.24. The largest absolute Gasteiger partial charge is 0.378 e. The van der Waals surface area contributed by atoms with Gasteiger partial charge in [0.1, 0.15) is 5.82 Å². The van der Waals surface area contributed by atoms with Crippen LogP contribution in [0.25, 0.3) is 0 Å². The van der Waals surface area contributed by atoms with Gasteiger partial charge in [0.15, 0.2) is 0 Å². The Morgan fingerprint density at radius 3 is 2.74 bits per heavy atom. The van der Waals surface area contributed by atoms with Crippen molar-refractivity contribution >= 4 is 0 Å². The molecular formula is C16H24FNO. The summed E-state index contributed by atoms with van der Waals surface area (Å²) in [5.74, 6) is 0.419. The SMILES string of the molecule is CC(C)C1CC(NCCc2ccc(F)cc2)CCO1. The smallest absolute Gasteiger partial charge is 0.123 e. The lowest BCUT2D eigenvalue weighted by Gasteiger charge is -2.32. The number of ether oxygens (including phenoxy) is 1. The van der Waals surface area contributed by atoms with E-state index in [0.29, 0.717) is 18.1 Å². The molecule has 2 rings (SSSR count). The van der Waals surface area contributed by atoms with E-state index < -0.39 is 0 Å². The van der Waals surface area contributed by atoms with Crippen molar-refractivity contribution in [2.75, 3.05) is 13.2 Å². The summed E-state index contributed by atoms with van der Waals surface area (Å²) in [5.41, 5.74) is 1.18. The number of halogens is 1. The van der Waals surface area contributed by atoms with Gasteiger partial charge >= 0.3 is 0 Å². The predicted molar refractivity (Wildman–Crippen MR) is 75.7 cm³/mol. The highest BCUT2D eigenvalue weighted by atomic mass is 19.1. The van der Waals surface area contributed by atoms with Crippen molar-refractivity contribution in [3.05, 3.63) is 35.6 Å². The lowest BCUT2D eigenvalue weighted by molar-refractivity contribution is -0.0241. The van der Waals surface area contributed by atoms with E-state index in [-0.39, 0.29) is 5.82 Å². The Hall–Kier alpha value is -0.930. The van der Waals surface area contributed by atoms with Crippen LogP contribution in [0, 0.1) is 11.7 Å². The molecule has 0 bridgehead atoms. The molecule has 0 aromatic heterocycles. The predicted octanol–water partition coefficient (Wildman–Crippen LogP) is 3.16. The maximum atomic E-state index is 12.8. The Morgan fingerprint density at radius 1 is 1.32 bits per heavy atom. The van der Waals surface area contributed by atoms with Gasteiger partial charge in [-0.3, -0.25) is 0 Å². The maximum absolute atomic E-state index is 12.8. The zero-order valence-electron chi connectivity index (χ0n) is 11.9. The Morgan fingerprint density at radius 2 is 2.05 bits per heavy atom. The van der Waals surface area contributed by atoms with Crippen molar-refractivity contribution in [3.8, 4) is 0 Å². The van der Waals surface area contributed by atoms with Gasteiger partial charge in [0.05, 0.1) is 6.10 Å². The molecule has 1 aromatic rings. The van der Waals surface area contributed by atoms with Gasteiger partial charge in [0, 0.05) is 12.6 Å². The Kier molecular flexibility index (Phi) is 5.34. The lowest BCUT2D eigenvalue weighted by Crippen LogP contribution is -2.41. The quantitative estimate of drug-likeness (QED) is 0.883. The highest BCUT2D eigenvalue weighted by Gasteiger charge is 2.24. The van der Waals surface area contributed by atoms with Crippen LogP contribution in [0.4, 0.5) is 4.39 Å². The molecule has 0 radical (unpaired) electrons. The van der Waals surface area contributed by atoms with E-state index in [1.807, 2.05) is 12.1 Å². The van der Waals surface area contributed by atoms with Crippen LogP contribution < -0.4 is 5.32 Å². The lowest BCUT2D eigenvalue weighted by atomic mass is 9.95. The Balaban J connectivity index is 1.72. The van der Waals surface area contributed by atoms with Crippen LogP contribution in [0.15, 0.2) is 24.3 Å². The van der Waals surface area contributed by atoms with E-state index in [9.17, 15) is 4.39 Å². The Bertz CT molecular complexity index is 377. The monoisotopic (exact) mass is 265 g/mol. The first kappa shape index (κ1) is 14.5. The summed E-state index contributed by atoms with van der Waals surface area (Å²) >= 11 is 0. The van der Waals surface area contributed by atoms with Gasteiger partial charge in [-0.25, -0.2) is 4.39 Å². The van der Waals surface area contributed by atoms with Gasteiger partial charge in [-0.2, -0.15) is 0 Å². The topological polar surface area (TPSA) is 21.3 Å². The van der Waals surface area contributed by atoms with Crippen molar-refractivity contribution in [2.45, 2.75) is 45.3 Å². The van der Waals surface area contributed by atoms with Crippen molar-refractivity contribution < 1.29 is 9.13 Å². The van der Waals surface area contributed by atoms with Crippen LogP contribution in [0.5, 0.6) is 0 Å². The third-order valence-corrected chi connectivity index (χ3v) is 3.82. The molecule has 0 amide bonds. The first-order valence-corrected chi connectivity index (χ1v) is 7.24. The van der Waals surface area contributed by atoms with E-state index in [2.05, 4.69) is 19.2 Å². The van der Waals surface area contributed by atoms with Crippen LogP contribution in [-0.4, -0.2) is 25.3 Å². The molecule has 1 aliphatic heterocycles. The summed E-state index contributed by atoms with van der Waals surface area (Å²) in [6, 6.07) is 7.33. The van der Waals surface area contributed by atoms with Gasteiger partial charge in [0.25, 0.3) is 0 Å². The minimum atomic E-state index is -0.166. The number of rotatable bonds is 5. The van der Waals surface area contributed by atoms with Gasteiger partial charge in [0.2, 0.25) is 0 Å². The molecule has 1 N–H and O–H groups in total. The summed E-state index contributed by atoms with van der Waals surface area (Å²) in [6.07, 6.45) is 3.52. The maximum Gasteiger partial charge on any atom is 0.123 e. The van der Waals surface area contributed by atoms with Crippen molar-refractivity contribution in [1.29, 1.82) is 0 Å². The number of nitrogens with one attached hydrogen (secondary N) is 1. The number of benzene rings is 1. The summed E-state index contributed by atoms with van der Waals surface area (Å²) in [5, 5.41) is 3.60. The fraction of sp³-hybridized carbons (Fsp3) is 0.625. The minimum absolute atomic E-state index is 0.166. The number of hydrogen-bond donors (Lipinski definition) is 1. The second kappa shape index (κ2) is 7.01. The molecule has 0 saturated carbocycles. The molecule has 2 atom stereocenters. The molecule has 1 fully saturated rings. The molecule has 1 saturated heterocycles. The summed E-state index contributed by atoms with van der Waals surface area (Å²) in [4.78, 5) is 0. The molecule has 3 heteroatoms. The highest BCUT2D eigenvalue weighted by Crippen LogP contribution is 2.20. The molecule has 0 aliphatic carbocycles. The van der Waals surface area contributed by atoms with E-state index in [0.717, 1.165) is 32.4 Å². The van der Waals surface area contributed by atoms with Crippen LogP contribution in [0.1, 0.15) is 32.3 Å². The second-order valence-corrected chi connectivity index (χ2v) is 5.71. The molecule has 1 aromatic carbocycles. The van der Waals surface area contributed by atoms with E-state index in [1.54, 1.807) is 0 Å². The molecule has 0 spiro atoms. The van der Waals surface area contributed by atoms with Crippen molar-refractivity contribution in [2.24, 2.45) is 5.92 Å². The van der Waals surface area contributed by atoms with Crippen molar-refractivity contribution in [1.82, 2.24) is 5.32 Å². The van der Waals surface area contributed by atoms with Gasteiger partial charge in [-0.15, -0.1) is 0 Å². The molecule has 1 aliphatic rings. The van der Waals surface area contributed by atoms with Gasteiger partial charge in [-0.1, -0.05) is 26.0 Å². The molecule has 2 unspecified atom stereocenters. The van der Waals surface area contributed by atoms with E-state index in [1.165, 1.54) is 17.7 Å². The molecule has 1 heterocycles. The van der Waals surface area contributed by atoms with Gasteiger partial charge < -0.3 is 10.1 Å². The fourth-order valence-electron chi connectivity index (χ4n) is 2.55. The second-order valence-electron chi connectivity index (χ2n) is 5.71. The third-order valence-electron chi connectivity index (χ3n) is 3.82. The average Bonchev–Trinajstić information content (AvgIpc) is 2.41. The standard InChI is InChI=1S/C16H24FNO/c1-12(2)16-11-15(8-10-19-16)18-9-7-13-3-5-14(17)6-4-13/h3-6,12,15-16,18H,7-11H2,1-2H3. The van der Waals surface area contributed by atoms with E-state index >= 15 is 0 Å². The van der Waals surface area contributed by atoms with Crippen molar-refractivity contribution in [3.63, 3.8) is 0 Å². The van der Waals surface area contributed by atoms with Crippen LogP contribution in [-0.2, 0) is 11.2 Å². The molecule has 106 valence electrons. The average molecular weight is 265 g/mol. The molecule has 19 heavy (non-hydrogen) atoms. The van der Waals surface area contributed by atoms with E-state index in [4.69, 9.17) is 4.74 Å². The van der Waals surface area contributed by atoms with Crippen LogP contribution >= 0.6 is 0 Å². The molecule has 2 nitrogen and oxygen atoms in total. The first-order chi connectivity index (χ1) is 9.15. The van der Waals surface area contributed by atoms with Crippen LogP contribution in [0.3, 0.4) is 0 Å². The molecular weight excluding hydrogens is 241 g/mol. The normalized spacial score (nSPS) is 23.8. The summed E-state index contributed by atoms with van der Waals surface area (Å²) in [7, 11) is 0. The fourth-order valence-corrected chi connectivity index (χ4v) is 2.55. The zero-order chi connectivity index (χ0) is 13.7. The summed E-state index contributed by atoms with van der Waals surface area (Å²) in [6.45, 7) is 6.23. The zero-order valence-corrected chi connectivity index (χ0v) is 11.9. The Labute approximate surface area is 115 Å². The summed E-state index contributed by atoms with van der Waals surface area (Å²) < 4.78 is 18.6. The van der Waals surface area contributed by atoms with Gasteiger partial charge in [-0.05, 0) is 49.4 Å².